The molecule has 0 radical (unpaired) electrons. The summed E-state index contributed by atoms with van der Waals surface area (Å²) >= 11 is 3.39. The highest BCUT2D eigenvalue weighted by Gasteiger charge is 2.21. The van der Waals surface area contributed by atoms with E-state index in [-0.39, 0.29) is 0 Å². The molecule has 2 rings (SSSR count). The standard InChI is InChI=1S/C10H16BrN3O/c1-12-6-8-9(14-10(11)13-8)7-2-4-15-5-3-7/h7,12H,2-6H2,1H3,(H,13,14). The zero-order valence-electron chi connectivity index (χ0n) is 8.85. The van der Waals surface area contributed by atoms with Crippen molar-refractivity contribution in [2.24, 2.45) is 0 Å². The number of halogens is 1. The summed E-state index contributed by atoms with van der Waals surface area (Å²) in [7, 11) is 1.95. The molecule has 1 aromatic heterocycles. The summed E-state index contributed by atoms with van der Waals surface area (Å²) in [5.74, 6) is 0.546. The number of aromatic amines is 1. The van der Waals surface area contributed by atoms with E-state index in [4.69, 9.17) is 4.74 Å². The molecule has 0 aromatic carbocycles. The molecule has 4 nitrogen and oxygen atoms in total. The van der Waals surface area contributed by atoms with E-state index in [1.807, 2.05) is 7.05 Å². The van der Waals surface area contributed by atoms with Gasteiger partial charge in [-0.25, -0.2) is 4.98 Å². The van der Waals surface area contributed by atoms with Crippen molar-refractivity contribution in [1.82, 2.24) is 15.3 Å². The molecule has 0 amide bonds. The van der Waals surface area contributed by atoms with Crippen LogP contribution in [0.25, 0.3) is 0 Å². The molecule has 0 atom stereocenters. The van der Waals surface area contributed by atoms with Crippen molar-refractivity contribution in [2.45, 2.75) is 25.3 Å². The molecular formula is C10H16BrN3O. The molecule has 0 unspecified atom stereocenters. The lowest BCUT2D eigenvalue weighted by Gasteiger charge is -2.21. The quantitative estimate of drug-likeness (QED) is 0.883. The first-order chi connectivity index (χ1) is 7.31. The lowest BCUT2D eigenvalue weighted by Crippen LogP contribution is -2.17. The van der Waals surface area contributed by atoms with E-state index in [9.17, 15) is 0 Å². The van der Waals surface area contributed by atoms with Gasteiger partial charge in [0.05, 0.1) is 11.4 Å². The molecule has 1 aliphatic heterocycles. The Kier molecular flexibility index (Phi) is 3.77. The number of aromatic nitrogens is 2. The van der Waals surface area contributed by atoms with Crippen LogP contribution in [0.4, 0.5) is 0 Å². The Labute approximate surface area is 97.9 Å². The summed E-state index contributed by atoms with van der Waals surface area (Å²) in [5, 5.41) is 3.15. The van der Waals surface area contributed by atoms with Crippen molar-refractivity contribution < 1.29 is 4.74 Å². The van der Waals surface area contributed by atoms with Crippen LogP contribution in [0.3, 0.4) is 0 Å². The van der Waals surface area contributed by atoms with Crippen LogP contribution in [0, 0.1) is 0 Å². The van der Waals surface area contributed by atoms with Gasteiger partial charge in [0.2, 0.25) is 0 Å². The van der Waals surface area contributed by atoms with E-state index >= 15 is 0 Å². The Morgan fingerprint density at radius 1 is 1.53 bits per heavy atom. The van der Waals surface area contributed by atoms with Gasteiger partial charge in [0.1, 0.15) is 0 Å². The summed E-state index contributed by atoms with van der Waals surface area (Å²) < 4.78 is 6.19. The van der Waals surface area contributed by atoms with Crippen LogP contribution in [0.2, 0.25) is 0 Å². The Balaban J connectivity index is 2.17. The van der Waals surface area contributed by atoms with Gasteiger partial charge in [-0.1, -0.05) is 0 Å². The molecule has 0 spiro atoms. The summed E-state index contributed by atoms with van der Waals surface area (Å²) in [6.07, 6.45) is 2.15. The van der Waals surface area contributed by atoms with Crippen molar-refractivity contribution >= 4 is 15.9 Å². The molecule has 0 saturated carbocycles. The minimum atomic E-state index is 0.546. The fourth-order valence-electron chi connectivity index (χ4n) is 2.01. The van der Waals surface area contributed by atoms with Crippen LogP contribution in [-0.4, -0.2) is 30.2 Å². The highest BCUT2D eigenvalue weighted by molar-refractivity contribution is 9.10. The Bertz CT molecular complexity index is 320. The lowest BCUT2D eigenvalue weighted by molar-refractivity contribution is 0.0844. The maximum absolute atomic E-state index is 5.36. The predicted octanol–water partition coefficient (Wildman–Crippen LogP) is 1.79. The summed E-state index contributed by atoms with van der Waals surface area (Å²) in [6.45, 7) is 2.55. The number of nitrogens with one attached hydrogen (secondary N) is 2. The number of rotatable bonds is 3. The first-order valence-corrected chi connectivity index (χ1v) is 6.07. The molecular weight excluding hydrogens is 258 g/mol. The molecule has 1 aromatic rings. The molecule has 5 heteroatoms. The van der Waals surface area contributed by atoms with Gasteiger partial charge < -0.3 is 15.0 Å². The topological polar surface area (TPSA) is 49.9 Å². The van der Waals surface area contributed by atoms with Crippen LogP contribution in [0.1, 0.15) is 30.1 Å². The van der Waals surface area contributed by atoms with Gasteiger partial charge in [-0.3, -0.25) is 0 Å². The van der Waals surface area contributed by atoms with Gasteiger partial charge in [0.25, 0.3) is 0 Å². The summed E-state index contributed by atoms with van der Waals surface area (Å²) in [4.78, 5) is 7.76. The lowest BCUT2D eigenvalue weighted by atomic mass is 9.95. The molecule has 1 fully saturated rings. The van der Waals surface area contributed by atoms with Gasteiger partial charge in [-0.15, -0.1) is 0 Å². The third kappa shape index (κ3) is 2.59. The SMILES string of the molecule is CNCc1[nH]c(Br)nc1C1CCOCC1. The zero-order valence-corrected chi connectivity index (χ0v) is 10.4. The van der Waals surface area contributed by atoms with Crippen LogP contribution in [-0.2, 0) is 11.3 Å². The van der Waals surface area contributed by atoms with Crippen molar-refractivity contribution in [3.63, 3.8) is 0 Å². The zero-order chi connectivity index (χ0) is 10.7. The van der Waals surface area contributed by atoms with Gasteiger partial charge in [0.15, 0.2) is 4.73 Å². The first-order valence-electron chi connectivity index (χ1n) is 5.28. The van der Waals surface area contributed by atoms with Crippen molar-refractivity contribution in [3.8, 4) is 0 Å². The van der Waals surface area contributed by atoms with E-state index in [0.29, 0.717) is 5.92 Å². The molecule has 2 heterocycles. The van der Waals surface area contributed by atoms with E-state index in [1.165, 1.54) is 11.4 Å². The van der Waals surface area contributed by atoms with Gasteiger partial charge >= 0.3 is 0 Å². The maximum atomic E-state index is 5.36. The minimum Gasteiger partial charge on any atom is -0.381 e. The molecule has 0 aliphatic carbocycles. The van der Waals surface area contributed by atoms with E-state index < -0.39 is 0 Å². The molecule has 0 bridgehead atoms. The average molecular weight is 274 g/mol. The maximum Gasteiger partial charge on any atom is 0.174 e. The van der Waals surface area contributed by atoms with Gasteiger partial charge in [-0.05, 0) is 35.8 Å². The number of H-pyrrole nitrogens is 1. The molecule has 84 valence electrons. The Hall–Kier alpha value is -0.390. The molecule has 15 heavy (non-hydrogen) atoms. The number of hydrogen-bond acceptors (Lipinski definition) is 3. The first kappa shape index (κ1) is 11.1. The molecule has 1 saturated heterocycles. The van der Waals surface area contributed by atoms with Gasteiger partial charge in [0, 0.05) is 25.7 Å². The van der Waals surface area contributed by atoms with Crippen LogP contribution in [0.15, 0.2) is 4.73 Å². The molecule has 2 N–H and O–H groups in total. The van der Waals surface area contributed by atoms with E-state index in [1.54, 1.807) is 0 Å². The monoisotopic (exact) mass is 273 g/mol. The highest BCUT2D eigenvalue weighted by atomic mass is 79.9. The third-order valence-corrected chi connectivity index (χ3v) is 3.12. The van der Waals surface area contributed by atoms with E-state index in [2.05, 4.69) is 31.2 Å². The van der Waals surface area contributed by atoms with Crippen molar-refractivity contribution in [2.75, 3.05) is 20.3 Å². The Morgan fingerprint density at radius 2 is 2.27 bits per heavy atom. The number of imidazole rings is 1. The smallest absolute Gasteiger partial charge is 0.174 e. The fraction of sp³-hybridized carbons (Fsp3) is 0.700. The number of hydrogen-bond donors (Lipinski definition) is 2. The van der Waals surface area contributed by atoms with Crippen molar-refractivity contribution in [3.05, 3.63) is 16.1 Å². The number of nitrogens with zero attached hydrogens (tertiary/aromatic N) is 1. The molecule has 1 aliphatic rings. The fourth-order valence-corrected chi connectivity index (χ4v) is 2.44. The average Bonchev–Trinajstić information content (AvgIpc) is 2.62. The van der Waals surface area contributed by atoms with Crippen LogP contribution in [0.5, 0.6) is 0 Å². The summed E-state index contributed by atoms with van der Waals surface area (Å²) in [6, 6.07) is 0. The predicted molar refractivity (Wildman–Crippen MR) is 61.8 cm³/mol. The second-order valence-corrected chi connectivity index (χ2v) is 4.56. The van der Waals surface area contributed by atoms with Crippen LogP contribution >= 0.6 is 15.9 Å². The minimum absolute atomic E-state index is 0.546. The summed E-state index contributed by atoms with van der Waals surface area (Å²) in [5.41, 5.74) is 2.39. The second-order valence-electron chi connectivity index (χ2n) is 3.81. The normalized spacial score (nSPS) is 18.3. The Morgan fingerprint density at radius 3 is 2.93 bits per heavy atom. The van der Waals surface area contributed by atoms with Crippen molar-refractivity contribution in [1.29, 1.82) is 0 Å². The highest BCUT2D eigenvalue weighted by Crippen LogP contribution is 2.28. The van der Waals surface area contributed by atoms with Crippen LogP contribution < -0.4 is 5.32 Å². The second kappa shape index (κ2) is 5.09. The number of ether oxygens (including phenoxy) is 1. The largest absolute Gasteiger partial charge is 0.381 e. The third-order valence-electron chi connectivity index (χ3n) is 2.74. The van der Waals surface area contributed by atoms with Gasteiger partial charge in [-0.2, -0.15) is 0 Å². The van der Waals surface area contributed by atoms with E-state index in [0.717, 1.165) is 37.3 Å².